The Morgan fingerprint density at radius 3 is 2.39 bits per heavy atom. The Hall–Kier alpha value is -3.29. The summed E-state index contributed by atoms with van der Waals surface area (Å²) in [7, 11) is 1.20. The SMILES string of the molecule is CNC(=O)C(C)(c1noc(C)n1)[N+](=O)C(=O)c1cc([C@H](C)C(F)(F)F)c(C2(F)COC2)cn1. The van der Waals surface area contributed by atoms with Gasteiger partial charge in [0.05, 0.1) is 19.1 Å². The molecule has 14 heteroatoms. The number of aromatic nitrogens is 3. The lowest BCUT2D eigenvalue weighted by Crippen LogP contribution is -2.51. The number of hydrogen-bond donors (Lipinski definition) is 1. The van der Waals surface area contributed by atoms with Crippen LogP contribution >= 0.6 is 0 Å². The van der Waals surface area contributed by atoms with Gasteiger partial charge in [-0.1, -0.05) is 5.16 Å². The highest BCUT2D eigenvalue weighted by Crippen LogP contribution is 2.43. The summed E-state index contributed by atoms with van der Waals surface area (Å²) in [5, 5.41) is 5.73. The van der Waals surface area contributed by atoms with Crippen molar-refractivity contribution in [2.24, 2.45) is 0 Å². The molecular formula is C19H20F4N5O5+. The zero-order valence-corrected chi connectivity index (χ0v) is 18.0. The number of ether oxygens (including phenoxy) is 1. The maximum atomic E-state index is 14.9. The fourth-order valence-corrected chi connectivity index (χ4v) is 3.27. The number of carbonyl (C=O) groups excluding carboxylic acids is 2. The number of nitrogens with one attached hydrogen (secondary N) is 1. The number of carbonyl (C=O) groups is 2. The first-order chi connectivity index (χ1) is 15.3. The first kappa shape index (κ1) is 24.4. The number of halogens is 4. The van der Waals surface area contributed by atoms with Crippen LogP contribution in [-0.4, -0.2) is 58.1 Å². The molecule has 3 rings (SSSR count). The Balaban J connectivity index is 2.09. The maximum absolute atomic E-state index is 14.9. The topological polar surface area (TPSA) is 127 Å². The molecule has 2 amide bonds. The third-order valence-corrected chi connectivity index (χ3v) is 5.48. The average molecular weight is 474 g/mol. The normalized spacial score (nSPS) is 18.1. The minimum Gasteiger partial charge on any atom is -0.374 e. The third kappa shape index (κ3) is 4.10. The second kappa shape index (κ2) is 8.24. The van der Waals surface area contributed by atoms with E-state index >= 15 is 0 Å². The van der Waals surface area contributed by atoms with Crippen LogP contribution in [0.4, 0.5) is 17.6 Å². The van der Waals surface area contributed by atoms with Crippen molar-refractivity contribution in [3.05, 3.63) is 45.7 Å². The monoisotopic (exact) mass is 474 g/mol. The molecule has 0 saturated carbocycles. The second-order valence-corrected chi connectivity index (χ2v) is 7.77. The van der Waals surface area contributed by atoms with Crippen LogP contribution < -0.4 is 5.32 Å². The summed E-state index contributed by atoms with van der Waals surface area (Å²) in [6.45, 7) is 2.27. The molecule has 1 aliphatic heterocycles. The number of hydrogen-bond acceptors (Lipinski definition) is 8. The molecule has 0 aliphatic carbocycles. The van der Waals surface area contributed by atoms with E-state index in [0.29, 0.717) is 6.07 Å². The Kier molecular flexibility index (Phi) is 6.08. The van der Waals surface area contributed by atoms with Gasteiger partial charge in [0.2, 0.25) is 5.89 Å². The highest BCUT2D eigenvalue weighted by Gasteiger charge is 2.58. The Morgan fingerprint density at radius 2 is 1.94 bits per heavy atom. The lowest BCUT2D eigenvalue weighted by molar-refractivity contribution is -0.529. The van der Waals surface area contributed by atoms with E-state index < -0.39 is 71.0 Å². The number of aryl methyl sites for hydroxylation is 1. The van der Waals surface area contributed by atoms with Crippen molar-refractivity contribution >= 4 is 11.8 Å². The molecule has 0 spiro atoms. The molecule has 1 aliphatic rings. The average Bonchev–Trinajstić information content (AvgIpc) is 3.20. The molecule has 0 radical (unpaired) electrons. The number of amides is 2. The molecular weight excluding hydrogens is 454 g/mol. The zero-order chi connectivity index (χ0) is 24.8. The van der Waals surface area contributed by atoms with E-state index in [9.17, 15) is 32.1 Å². The zero-order valence-electron chi connectivity index (χ0n) is 18.0. The molecule has 0 bridgehead atoms. The van der Waals surface area contributed by atoms with E-state index in [4.69, 9.17) is 9.26 Å². The van der Waals surface area contributed by atoms with Crippen molar-refractivity contribution in [2.75, 3.05) is 20.3 Å². The number of nitroso groups, excluding NO2 is 1. The van der Waals surface area contributed by atoms with Crippen LogP contribution in [0.25, 0.3) is 0 Å². The largest absolute Gasteiger partial charge is 0.485 e. The molecule has 2 aromatic rings. The number of rotatable bonds is 6. The second-order valence-electron chi connectivity index (χ2n) is 7.77. The van der Waals surface area contributed by atoms with Gasteiger partial charge in [-0.3, -0.25) is 4.79 Å². The van der Waals surface area contributed by atoms with E-state index in [0.717, 1.165) is 20.0 Å². The van der Waals surface area contributed by atoms with Crippen LogP contribution in [0.1, 0.15) is 53.1 Å². The van der Waals surface area contributed by atoms with E-state index in [-0.39, 0.29) is 10.7 Å². The van der Waals surface area contributed by atoms with Crippen LogP contribution in [-0.2, 0) is 20.7 Å². The van der Waals surface area contributed by atoms with Crippen molar-refractivity contribution in [3.8, 4) is 0 Å². The van der Waals surface area contributed by atoms with Gasteiger partial charge in [-0.15, -0.1) is 0 Å². The summed E-state index contributed by atoms with van der Waals surface area (Å²) >= 11 is 0. The van der Waals surface area contributed by atoms with E-state index in [1.807, 2.05) is 0 Å². The number of pyridine rings is 1. The predicted octanol–water partition coefficient (Wildman–Crippen LogP) is 2.21. The van der Waals surface area contributed by atoms with E-state index in [1.165, 1.54) is 14.0 Å². The van der Waals surface area contributed by atoms with Gasteiger partial charge in [0.15, 0.2) is 11.4 Å². The fraction of sp³-hybridized carbons (Fsp3) is 0.526. The van der Waals surface area contributed by atoms with Crippen LogP contribution in [0.2, 0.25) is 0 Å². The van der Waals surface area contributed by atoms with Gasteiger partial charge >= 0.3 is 23.5 Å². The van der Waals surface area contributed by atoms with Crippen molar-refractivity contribution in [2.45, 2.75) is 44.1 Å². The minimum atomic E-state index is -4.77. The summed E-state index contributed by atoms with van der Waals surface area (Å²) in [4.78, 5) is 46.0. The van der Waals surface area contributed by atoms with Gasteiger partial charge in [-0.05, 0) is 18.6 Å². The van der Waals surface area contributed by atoms with E-state index in [1.54, 1.807) is 0 Å². The highest BCUT2D eigenvalue weighted by molar-refractivity contribution is 5.91. The molecule has 33 heavy (non-hydrogen) atoms. The molecule has 178 valence electrons. The fourth-order valence-electron chi connectivity index (χ4n) is 3.27. The minimum absolute atomic E-state index is 0.000652. The van der Waals surface area contributed by atoms with Crippen LogP contribution in [0.15, 0.2) is 16.8 Å². The first-order valence-electron chi connectivity index (χ1n) is 9.64. The van der Waals surface area contributed by atoms with Gasteiger partial charge in [-0.2, -0.15) is 18.2 Å². The smallest absolute Gasteiger partial charge is 0.374 e. The first-order valence-corrected chi connectivity index (χ1v) is 9.64. The van der Waals surface area contributed by atoms with Crippen LogP contribution in [0.5, 0.6) is 0 Å². The summed E-state index contributed by atoms with van der Waals surface area (Å²) in [5.41, 5.74) is -6.23. The third-order valence-electron chi connectivity index (χ3n) is 5.48. The number of nitrogens with zero attached hydrogens (tertiary/aromatic N) is 4. The number of likely N-dealkylation sites (N-methyl/N-ethyl adjacent to an activating group) is 1. The Labute approximate surface area is 184 Å². The lowest BCUT2D eigenvalue weighted by atomic mass is 9.85. The van der Waals surface area contributed by atoms with Gasteiger partial charge in [0, 0.05) is 37.6 Å². The molecule has 0 aromatic carbocycles. The van der Waals surface area contributed by atoms with Crippen LogP contribution in [0.3, 0.4) is 0 Å². The summed E-state index contributed by atoms with van der Waals surface area (Å²) < 4.78 is 64.6. The molecule has 2 atom stereocenters. The van der Waals surface area contributed by atoms with Gasteiger partial charge in [0.1, 0.15) is 4.76 Å². The van der Waals surface area contributed by atoms with Crippen LogP contribution in [0, 0.1) is 11.8 Å². The summed E-state index contributed by atoms with van der Waals surface area (Å²) in [6, 6.07) is 0.701. The number of alkyl halides is 4. The van der Waals surface area contributed by atoms with Crippen molar-refractivity contribution < 1.29 is 41.2 Å². The van der Waals surface area contributed by atoms with Crippen molar-refractivity contribution in [3.63, 3.8) is 0 Å². The molecule has 1 fully saturated rings. The maximum Gasteiger partial charge on any atom is 0.485 e. The van der Waals surface area contributed by atoms with Gasteiger partial charge in [-0.25, -0.2) is 14.2 Å². The predicted molar refractivity (Wildman–Crippen MR) is 101 cm³/mol. The quantitative estimate of drug-likeness (QED) is 0.499. The molecule has 3 heterocycles. The molecule has 1 saturated heterocycles. The van der Waals surface area contributed by atoms with Gasteiger partial charge in [0.25, 0.3) is 5.82 Å². The summed E-state index contributed by atoms with van der Waals surface area (Å²) in [5.74, 6) is -5.07. The van der Waals surface area contributed by atoms with Crippen molar-refractivity contribution in [1.82, 2.24) is 20.4 Å². The van der Waals surface area contributed by atoms with Gasteiger partial charge < -0.3 is 14.6 Å². The highest BCUT2D eigenvalue weighted by atomic mass is 19.4. The summed E-state index contributed by atoms with van der Waals surface area (Å²) in [6.07, 6.45) is -4.00. The Morgan fingerprint density at radius 1 is 1.30 bits per heavy atom. The molecule has 1 unspecified atom stereocenters. The van der Waals surface area contributed by atoms with E-state index in [2.05, 4.69) is 20.4 Å². The van der Waals surface area contributed by atoms with Crippen molar-refractivity contribution in [1.29, 1.82) is 0 Å². The molecule has 10 nitrogen and oxygen atoms in total. The lowest BCUT2D eigenvalue weighted by Gasteiger charge is -2.36. The molecule has 2 aromatic heterocycles. The standard InChI is InChI=1S/C19H19F4N5O5/c1-9(19(21,22)23)11-5-13(25-6-12(11)18(20)7-32-8-18)14(29)28(31)17(3,16(30)24-4)15-26-10(2)33-27-15/h5-6,9H,7-8H2,1-4H3/p+1/t9-,17?/m0/s1. The Bertz CT molecular complexity index is 1110. The molecule has 1 N–H and O–H groups in total.